The van der Waals surface area contributed by atoms with E-state index in [4.69, 9.17) is 5.11 Å². The van der Waals surface area contributed by atoms with Crippen LogP contribution in [0.25, 0.3) is 0 Å². The molecule has 0 rings (SSSR count). The second-order valence-corrected chi connectivity index (χ2v) is 2.93. The van der Waals surface area contributed by atoms with Crippen molar-refractivity contribution >= 4 is 0 Å². The van der Waals surface area contributed by atoms with E-state index in [1.807, 2.05) is 0 Å². The van der Waals surface area contributed by atoms with E-state index in [0.717, 1.165) is 6.54 Å². The number of rotatable bonds is 8. The Labute approximate surface area is 70.0 Å². The number of aliphatic hydroxyl groups is 1. The van der Waals surface area contributed by atoms with Crippen molar-refractivity contribution in [2.45, 2.75) is 45.4 Å². The maximum absolute atomic E-state index is 8.40. The predicted octanol–water partition coefficient (Wildman–Crippen LogP) is 1.89. The number of unbranched alkanes of at least 4 members (excludes halogenated alkanes) is 5. The van der Waals surface area contributed by atoms with E-state index in [-0.39, 0.29) is 6.73 Å². The molecule has 0 aromatic carbocycles. The molecular weight excluding hydrogens is 138 g/mol. The summed E-state index contributed by atoms with van der Waals surface area (Å²) < 4.78 is 0. The first-order chi connectivity index (χ1) is 5.41. The van der Waals surface area contributed by atoms with Crippen molar-refractivity contribution in [3.63, 3.8) is 0 Å². The lowest BCUT2D eigenvalue weighted by Gasteiger charge is -2.00. The molecular formula is C9H21NO. The van der Waals surface area contributed by atoms with Gasteiger partial charge in [0.2, 0.25) is 0 Å². The molecule has 0 fully saturated rings. The zero-order chi connectivity index (χ0) is 8.36. The highest BCUT2D eigenvalue weighted by molar-refractivity contribution is 4.45. The van der Waals surface area contributed by atoms with Crippen LogP contribution in [0.1, 0.15) is 45.4 Å². The van der Waals surface area contributed by atoms with Gasteiger partial charge in [-0.3, -0.25) is 5.32 Å². The van der Waals surface area contributed by atoms with Crippen LogP contribution in [0.5, 0.6) is 0 Å². The molecule has 0 heterocycles. The molecule has 0 saturated heterocycles. The first-order valence-corrected chi connectivity index (χ1v) is 4.73. The van der Waals surface area contributed by atoms with Crippen molar-refractivity contribution in [3.8, 4) is 0 Å². The minimum atomic E-state index is 0.120. The highest BCUT2D eigenvalue weighted by atomic mass is 16.3. The molecule has 68 valence electrons. The van der Waals surface area contributed by atoms with Crippen LogP contribution in [0.2, 0.25) is 0 Å². The summed E-state index contributed by atoms with van der Waals surface area (Å²) in [5, 5.41) is 11.3. The lowest BCUT2D eigenvalue weighted by molar-refractivity contribution is 0.260. The van der Waals surface area contributed by atoms with Gasteiger partial charge in [0.15, 0.2) is 0 Å². The van der Waals surface area contributed by atoms with Crippen LogP contribution in [0.4, 0.5) is 0 Å². The van der Waals surface area contributed by atoms with Crippen molar-refractivity contribution in [1.29, 1.82) is 0 Å². The maximum atomic E-state index is 8.40. The Morgan fingerprint density at radius 2 is 1.64 bits per heavy atom. The van der Waals surface area contributed by atoms with Gasteiger partial charge in [-0.15, -0.1) is 0 Å². The van der Waals surface area contributed by atoms with E-state index in [1.54, 1.807) is 0 Å². The quantitative estimate of drug-likeness (QED) is 0.419. The van der Waals surface area contributed by atoms with Crippen molar-refractivity contribution in [1.82, 2.24) is 5.32 Å². The van der Waals surface area contributed by atoms with E-state index in [0.29, 0.717) is 0 Å². The monoisotopic (exact) mass is 159 g/mol. The number of nitrogens with one attached hydrogen (secondary N) is 1. The third kappa shape index (κ3) is 9.92. The molecule has 0 saturated carbocycles. The van der Waals surface area contributed by atoms with Gasteiger partial charge < -0.3 is 5.11 Å². The third-order valence-electron chi connectivity index (χ3n) is 1.82. The minimum absolute atomic E-state index is 0.120. The van der Waals surface area contributed by atoms with Crippen molar-refractivity contribution in [2.24, 2.45) is 0 Å². The van der Waals surface area contributed by atoms with Gasteiger partial charge in [-0.1, -0.05) is 39.0 Å². The molecule has 0 bridgehead atoms. The molecule has 0 radical (unpaired) electrons. The molecule has 0 aromatic rings. The summed E-state index contributed by atoms with van der Waals surface area (Å²) in [5.41, 5.74) is 0. The summed E-state index contributed by atoms with van der Waals surface area (Å²) >= 11 is 0. The van der Waals surface area contributed by atoms with Gasteiger partial charge in [0, 0.05) is 0 Å². The van der Waals surface area contributed by atoms with Gasteiger partial charge in [-0.05, 0) is 13.0 Å². The van der Waals surface area contributed by atoms with Crippen LogP contribution in [-0.4, -0.2) is 18.4 Å². The van der Waals surface area contributed by atoms with Crippen LogP contribution in [-0.2, 0) is 0 Å². The summed E-state index contributed by atoms with van der Waals surface area (Å²) in [4.78, 5) is 0. The molecule has 0 aliphatic carbocycles. The minimum Gasteiger partial charge on any atom is -0.381 e. The fourth-order valence-corrected chi connectivity index (χ4v) is 1.11. The third-order valence-corrected chi connectivity index (χ3v) is 1.82. The SMILES string of the molecule is CCCCCCCCNCO. The summed E-state index contributed by atoms with van der Waals surface area (Å²) in [6, 6.07) is 0. The number of hydrogen-bond acceptors (Lipinski definition) is 2. The molecule has 11 heavy (non-hydrogen) atoms. The van der Waals surface area contributed by atoms with Crippen molar-refractivity contribution < 1.29 is 5.11 Å². The Kier molecular flexibility index (Phi) is 9.85. The van der Waals surface area contributed by atoms with E-state index in [9.17, 15) is 0 Å². The topological polar surface area (TPSA) is 32.3 Å². The Bertz CT molecular complexity index is 58.6. The van der Waals surface area contributed by atoms with Gasteiger partial charge in [-0.2, -0.15) is 0 Å². The second-order valence-electron chi connectivity index (χ2n) is 2.93. The second kappa shape index (κ2) is 9.92. The molecule has 2 nitrogen and oxygen atoms in total. The zero-order valence-corrected chi connectivity index (χ0v) is 7.60. The van der Waals surface area contributed by atoms with Gasteiger partial charge in [-0.25, -0.2) is 0 Å². The fourth-order valence-electron chi connectivity index (χ4n) is 1.11. The lowest BCUT2D eigenvalue weighted by Crippen LogP contribution is -2.15. The van der Waals surface area contributed by atoms with Crippen LogP contribution in [0.15, 0.2) is 0 Å². The summed E-state index contributed by atoms with van der Waals surface area (Å²) in [6.07, 6.45) is 7.90. The Morgan fingerprint density at radius 1 is 1.00 bits per heavy atom. The molecule has 0 aliphatic rings. The van der Waals surface area contributed by atoms with E-state index >= 15 is 0 Å². The smallest absolute Gasteiger partial charge is 0.0931 e. The fraction of sp³-hybridized carbons (Fsp3) is 1.00. The normalized spacial score (nSPS) is 10.4. The highest BCUT2D eigenvalue weighted by Gasteiger charge is 1.88. The zero-order valence-electron chi connectivity index (χ0n) is 7.60. The average molecular weight is 159 g/mol. The van der Waals surface area contributed by atoms with Crippen molar-refractivity contribution in [2.75, 3.05) is 13.3 Å². The van der Waals surface area contributed by atoms with Gasteiger partial charge in [0.25, 0.3) is 0 Å². The maximum Gasteiger partial charge on any atom is 0.0931 e. The highest BCUT2D eigenvalue weighted by Crippen LogP contribution is 2.03. The van der Waals surface area contributed by atoms with Crippen LogP contribution < -0.4 is 5.32 Å². The van der Waals surface area contributed by atoms with E-state index in [2.05, 4.69) is 12.2 Å². The lowest BCUT2D eigenvalue weighted by atomic mass is 10.1. The Hall–Kier alpha value is -0.0800. The number of aliphatic hydroxyl groups excluding tert-OH is 1. The standard InChI is InChI=1S/C9H21NO/c1-2-3-4-5-6-7-8-10-9-11/h10-11H,2-9H2,1H3. The van der Waals surface area contributed by atoms with Gasteiger partial charge in [0.1, 0.15) is 0 Å². The van der Waals surface area contributed by atoms with Gasteiger partial charge >= 0.3 is 0 Å². The molecule has 0 aromatic heterocycles. The average Bonchev–Trinajstić information content (AvgIpc) is 2.03. The van der Waals surface area contributed by atoms with Crippen molar-refractivity contribution in [3.05, 3.63) is 0 Å². The molecule has 2 heteroatoms. The largest absolute Gasteiger partial charge is 0.381 e. The molecule has 0 spiro atoms. The number of hydrogen-bond donors (Lipinski definition) is 2. The van der Waals surface area contributed by atoms with E-state index < -0.39 is 0 Å². The Balaban J connectivity index is 2.69. The van der Waals surface area contributed by atoms with Crippen LogP contribution >= 0.6 is 0 Å². The van der Waals surface area contributed by atoms with E-state index in [1.165, 1.54) is 38.5 Å². The molecule has 0 unspecified atom stereocenters. The molecule has 0 aliphatic heterocycles. The van der Waals surface area contributed by atoms with Crippen LogP contribution in [0.3, 0.4) is 0 Å². The first kappa shape index (κ1) is 10.9. The van der Waals surface area contributed by atoms with Gasteiger partial charge in [0.05, 0.1) is 6.73 Å². The molecule has 0 atom stereocenters. The summed E-state index contributed by atoms with van der Waals surface area (Å²) in [7, 11) is 0. The summed E-state index contributed by atoms with van der Waals surface area (Å²) in [5.74, 6) is 0. The predicted molar refractivity (Wildman–Crippen MR) is 48.5 cm³/mol. The molecule has 2 N–H and O–H groups in total. The summed E-state index contributed by atoms with van der Waals surface area (Å²) in [6.45, 7) is 3.31. The molecule has 0 amide bonds. The van der Waals surface area contributed by atoms with Crippen LogP contribution in [0, 0.1) is 0 Å². The first-order valence-electron chi connectivity index (χ1n) is 4.73. The Morgan fingerprint density at radius 3 is 2.27 bits per heavy atom.